The Morgan fingerprint density at radius 3 is 2.54 bits per heavy atom. The van der Waals surface area contributed by atoms with Crippen LogP contribution in [-0.4, -0.2) is 41.9 Å². The molecule has 194 valence electrons. The minimum Gasteiger partial charge on any atom is -0.497 e. The molecule has 2 heterocycles. The van der Waals surface area contributed by atoms with Gasteiger partial charge in [-0.3, -0.25) is 0 Å². The molecule has 9 heteroatoms. The average molecular weight is 506 g/mol. The van der Waals surface area contributed by atoms with Gasteiger partial charge in [-0.25, -0.2) is 14.4 Å². The highest BCUT2D eigenvalue weighted by Crippen LogP contribution is 2.42. The number of para-hydroxylation sites is 1. The molecule has 2 N–H and O–H groups in total. The van der Waals surface area contributed by atoms with E-state index in [4.69, 9.17) is 19.2 Å². The van der Waals surface area contributed by atoms with E-state index in [0.29, 0.717) is 36.4 Å². The first-order chi connectivity index (χ1) is 18.0. The van der Waals surface area contributed by atoms with Crippen molar-refractivity contribution in [3.63, 3.8) is 0 Å². The summed E-state index contributed by atoms with van der Waals surface area (Å²) in [6.07, 6.45) is 5.03. The molecule has 0 atom stereocenters. The number of hydrogen-bond donors (Lipinski definition) is 2. The molecule has 1 spiro atoms. The predicted octanol–water partition coefficient (Wildman–Crippen LogP) is 5.94. The Morgan fingerprint density at radius 2 is 1.86 bits per heavy atom. The smallest absolute Gasteiger partial charge is 0.208 e. The van der Waals surface area contributed by atoms with Gasteiger partial charge in [0, 0.05) is 30.3 Å². The van der Waals surface area contributed by atoms with Crippen LogP contribution in [0.4, 0.5) is 21.7 Å². The molecule has 1 saturated carbocycles. The van der Waals surface area contributed by atoms with Crippen LogP contribution < -0.4 is 15.4 Å². The van der Waals surface area contributed by atoms with E-state index in [-0.39, 0.29) is 11.9 Å². The summed E-state index contributed by atoms with van der Waals surface area (Å²) in [6.45, 7) is 7.30. The Balaban J connectivity index is 1.38. The largest absolute Gasteiger partial charge is 0.497 e. The summed E-state index contributed by atoms with van der Waals surface area (Å²) in [5, 5.41) is 6.37. The molecule has 2 fully saturated rings. The summed E-state index contributed by atoms with van der Waals surface area (Å²) in [5.74, 6) is 1.02. The quantitative estimate of drug-likeness (QED) is 0.369. The Labute approximate surface area is 216 Å². The number of aromatic nitrogens is 2. The highest BCUT2D eigenvalue weighted by atomic mass is 19.1. The zero-order chi connectivity index (χ0) is 25.8. The standard InChI is InChI=1S/C28H32FN5O3/c1-19-26(18-30-20(2)31-21-8-10-23(35-3)11-9-21)33-27(32-25-7-5-4-6-24(25)29)34(19)22-12-14-28(15-13-22)36-16-17-37-28/h4-11,18,22,31H,2,12-17H2,1,3H3,(H,32,33). The number of methoxy groups -OCH3 is 1. The molecule has 5 rings (SSSR count). The van der Waals surface area contributed by atoms with Gasteiger partial charge in [0.1, 0.15) is 23.1 Å². The fourth-order valence-corrected chi connectivity index (χ4v) is 4.97. The van der Waals surface area contributed by atoms with Gasteiger partial charge in [-0.05, 0) is 56.2 Å². The van der Waals surface area contributed by atoms with Crippen LogP contribution in [0, 0.1) is 12.7 Å². The van der Waals surface area contributed by atoms with E-state index in [1.165, 1.54) is 6.07 Å². The number of benzene rings is 2. The van der Waals surface area contributed by atoms with Crippen LogP contribution in [0.1, 0.15) is 43.1 Å². The van der Waals surface area contributed by atoms with Crippen molar-refractivity contribution < 1.29 is 18.6 Å². The SMILES string of the molecule is C=C(N=Cc1nc(Nc2ccccc2F)n(C2CCC3(CC2)OCCO3)c1C)Nc1ccc(OC)cc1. The van der Waals surface area contributed by atoms with Crippen LogP contribution in [0.3, 0.4) is 0 Å². The Kier molecular flexibility index (Phi) is 7.25. The molecular formula is C28H32FN5O3. The zero-order valence-electron chi connectivity index (χ0n) is 21.2. The minimum atomic E-state index is -0.459. The second-order valence-electron chi connectivity index (χ2n) is 9.28. The maximum absolute atomic E-state index is 14.5. The highest BCUT2D eigenvalue weighted by Gasteiger charge is 2.41. The molecule has 0 unspecified atom stereocenters. The number of rotatable bonds is 8. The number of anilines is 3. The summed E-state index contributed by atoms with van der Waals surface area (Å²) >= 11 is 0. The summed E-state index contributed by atoms with van der Waals surface area (Å²) in [4.78, 5) is 9.30. The number of hydrogen-bond acceptors (Lipinski definition) is 7. The van der Waals surface area contributed by atoms with Gasteiger partial charge in [-0.1, -0.05) is 18.7 Å². The van der Waals surface area contributed by atoms with Gasteiger partial charge >= 0.3 is 0 Å². The third kappa shape index (κ3) is 5.52. The molecule has 8 nitrogen and oxygen atoms in total. The van der Waals surface area contributed by atoms with Crippen LogP contribution in [-0.2, 0) is 9.47 Å². The molecule has 37 heavy (non-hydrogen) atoms. The molecule has 1 aromatic heterocycles. The average Bonchev–Trinajstić information content (AvgIpc) is 3.49. The van der Waals surface area contributed by atoms with Gasteiger partial charge in [0.15, 0.2) is 5.79 Å². The van der Waals surface area contributed by atoms with E-state index in [1.54, 1.807) is 31.5 Å². The number of nitrogens with one attached hydrogen (secondary N) is 2. The molecule has 1 saturated heterocycles. The van der Waals surface area contributed by atoms with Gasteiger partial charge < -0.3 is 29.4 Å². The third-order valence-electron chi connectivity index (χ3n) is 6.92. The lowest BCUT2D eigenvalue weighted by atomic mass is 9.89. The fourth-order valence-electron chi connectivity index (χ4n) is 4.97. The number of imidazole rings is 1. The minimum absolute atomic E-state index is 0.169. The van der Waals surface area contributed by atoms with E-state index in [1.807, 2.05) is 31.2 Å². The van der Waals surface area contributed by atoms with Crippen LogP contribution in [0.5, 0.6) is 5.75 Å². The molecule has 0 radical (unpaired) electrons. The number of nitrogens with zero attached hydrogens (tertiary/aromatic N) is 3. The van der Waals surface area contributed by atoms with Crippen LogP contribution in [0.15, 0.2) is 65.9 Å². The summed E-state index contributed by atoms with van der Waals surface area (Å²) in [5.41, 5.74) is 2.84. The fraction of sp³-hybridized carbons (Fsp3) is 0.357. The van der Waals surface area contributed by atoms with Crippen LogP contribution in [0.2, 0.25) is 0 Å². The molecular weight excluding hydrogens is 473 g/mol. The van der Waals surface area contributed by atoms with Gasteiger partial charge in [0.25, 0.3) is 0 Å². The lowest BCUT2D eigenvalue weighted by molar-refractivity contribution is -0.181. The van der Waals surface area contributed by atoms with Crippen molar-refractivity contribution in [2.24, 2.45) is 4.99 Å². The van der Waals surface area contributed by atoms with Crippen molar-refractivity contribution in [3.8, 4) is 5.75 Å². The maximum Gasteiger partial charge on any atom is 0.208 e. The second-order valence-corrected chi connectivity index (χ2v) is 9.28. The first-order valence-electron chi connectivity index (χ1n) is 12.5. The molecule has 2 aromatic carbocycles. The molecule has 1 aliphatic heterocycles. The van der Waals surface area contributed by atoms with E-state index in [0.717, 1.165) is 42.8 Å². The lowest BCUT2D eigenvalue weighted by Gasteiger charge is -2.36. The molecule has 2 aliphatic rings. The van der Waals surface area contributed by atoms with E-state index >= 15 is 0 Å². The van der Waals surface area contributed by atoms with E-state index < -0.39 is 5.79 Å². The summed E-state index contributed by atoms with van der Waals surface area (Å²) < 4.78 is 33.7. The second kappa shape index (κ2) is 10.7. The number of ether oxygens (including phenoxy) is 3. The molecule has 0 bridgehead atoms. The van der Waals surface area contributed by atoms with Crippen molar-refractivity contribution >= 4 is 23.5 Å². The Bertz CT molecular complexity index is 1270. The van der Waals surface area contributed by atoms with Crippen LogP contribution in [0.25, 0.3) is 0 Å². The molecule has 0 amide bonds. The van der Waals surface area contributed by atoms with Crippen molar-refractivity contribution in [1.29, 1.82) is 0 Å². The van der Waals surface area contributed by atoms with E-state index in [9.17, 15) is 4.39 Å². The van der Waals surface area contributed by atoms with Crippen molar-refractivity contribution in [3.05, 3.63) is 78.1 Å². The maximum atomic E-state index is 14.5. The summed E-state index contributed by atoms with van der Waals surface area (Å²) in [6, 6.07) is 14.3. The number of halogens is 1. The van der Waals surface area contributed by atoms with Gasteiger partial charge in [-0.2, -0.15) is 0 Å². The van der Waals surface area contributed by atoms with Crippen LogP contribution >= 0.6 is 0 Å². The van der Waals surface area contributed by atoms with Gasteiger partial charge in [0.2, 0.25) is 5.95 Å². The predicted molar refractivity (Wildman–Crippen MR) is 142 cm³/mol. The zero-order valence-corrected chi connectivity index (χ0v) is 21.2. The normalized spacial score (nSPS) is 17.4. The third-order valence-corrected chi connectivity index (χ3v) is 6.92. The lowest BCUT2D eigenvalue weighted by Crippen LogP contribution is -2.36. The highest BCUT2D eigenvalue weighted by molar-refractivity contribution is 5.81. The first-order valence-corrected chi connectivity index (χ1v) is 12.5. The molecule has 3 aromatic rings. The van der Waals surface area contributed by atoms with Crippen molar-refractivity contribution in [2.45, 2.75) is 44.4 Å². The number of aliphatic imine (C=N–C) groups is 1. The van der Waals surface area contributed by atoms with Gasteiger partial charge in [-0.15, -0.1) is 0 Å². The summed E-state index contributed by atoms with van der Waals surface area (Å²) in [7, 11) is 1.63. The molecule has 1 aliphatic carbocycles. The monoisotopic (exact) mass is 505 g/mol. The first kappa shape index (κ1) is 25.0. The Morgan fingerprint density at radius 1 is 1.16 bits per heavy atom. The Hall–Kier alpha value is -3.69. The van der Waals surface area contributed by atoms with E-state index in [2.05, 4.69) is 26.8 Å². The van der Waals surface area contributed by atoms with Gasteiger partial charge in [0.05, 0.1) is 32.2 Å². The topological polar surface area (TPSA) is 81.9 Å². The van der Waals surface area contributed by atoms with Crippen molar-refractivity contribution in [1.82, 2.24) is 9.55 Å². The van der Waals surface area contributed by atoms with Crippen molar-refractivity contribution in [2.75, 3.05) is 31.0 Å².